The summed E-state index contributed by atoms with van der Waals surface area (Å²) >= 11 is 6.28. The van der Waals surface area contributed by atoms with Gasteiger partial charge in [0.2, 0.25) is 0 Å². The zero-order chi connectivity index (χ0) is 16.5. The molecular formula is C20H13ClN2O. The standard InChI is InChI=1S/C20H13ClN2O/c21-17-12-6-7-13-18(17)23-20(24)16-11-5-4-10-15(16)19(22-23)14-8-2-1-3-9-14/h1-13H. The number of hydrogen-bond donors (Lipinski definition) is 0. The summed E-state index contributed by atoms with van der Waals surface area (Å²) in [5.74, 6) is 0. The minimum absolute atomic E-state index is 0.182. The lowest BCUT2D eigenvalue weighted by Crippen LogP contribution is -2.22. The molecule has 0 aliphatic carbocycles. The van der Waals surface area contributed by atoms with Gasteiger partial charge >= 0.3 is 0 Å². The lowest BCUT2D eigenvalue weighted by atomic mass is 10.1. The van der Waals surface area contributed by atoms with Crippen LogP contribution in [-0.4, -0.2) is 9.78 Å². The van der Waals surface area contributed by atoms with Crippen molar-refractivity contribution in [2.75, 3.05) is 0 Å². The van der Waals surface area contributed by atoms with Gasteiger partial charge in [-0.3, -0.25) is 4.79 Å². The van der Waals surface area contributed by atoms with Crippen LogP contribution in [0.1, 0.15) is 0 Å². The molecule has 3 aromatic carbocycles. The summed E-state index contributed by atoms with van der Waals surface area (Å²) in [6, 6.07) is 24.5. The second kappa shape index (κ2) is 5.95. The van der Waals surface area contributed by atoms with Gasteiger partial charge in [0.05, 0.1) is 21.8 Å². The lowest BCUT2D eigenvalue weighted by molar-refractivity contribution is 0.826. The molecule has 3 nitrogen and oxygen atoms in total. The van der Waals surface area contributed by atoms with Crippen LogP contribution in [0.15, 0.2) is 83.7 Å². The number of para-hydroxylation sites is 1. The molecule has 0 aliphatic heterocycles. The molecule has 0 atom stereocenters. The van der Waals surface area contributed by atoms with E-state index >= 15 is 0 Å². The largest absolute Gasteiger partial charge is 0.279 e. The smallest absolute Gasteiger partial charge is 0.267 e. The van der Waals surface area contributed by atoms with Gasteiger partial charge in [-0.1, -0.05) is 72.3 Å². The van der Waals surface area contributed by atoms with E-state index in [9.17, 15) is 4.79 Å². The first kappa shape index (κ1) is 14.7. The van der Waals surface area contributed by atoms with Crippen molar-refractivity contribution in [3.05, 3.63) is 94.2 Å². The lowest BCUT2D eigenvalue weighted by Gasteiger charge is -2.12. The third kappa shape index (κ3) is 2.39. The van der Waals surface area contributed by atoms with E-state index in [0.717, 1.165) is 16.6 Å². The topological polar surface area (TPSA) is 34.9 Å². The van der Waals surface area contributed by atoms with Crippen LogP contribution in [0, 0.1) is 0 Å². The number of nitrogens with zero attached hydrogens (tertiary/aromatic N) is 2. The Morgan fingerprint density at radius 3 is 2.12 bits per heavy atom. The highest BCUT2D eigenvalue weighted by atomic mass is 35.5. The van der Waals surface area contributed by atoms with Crippen LogP contribution < -0.4 is 5.56 Å². The number of aromatic nitrogens is 2. The van der Waals surface area contributed by atoms with Crippen LogP contribution in [0.3, 0.4) is 0 Å². The summed E-state index contributed by atoms with van der Waals surface area (Å²) in [7, 11) is 0. The van der Waals surface area contributed by atoms with Crippen LogP contribution in [0.25, 0.3) is 27.7 Å². The molecule has 0 fully saturated rings. The van der Waals surface area contributed by atoms with E-state index in [4.69, 9.17) is 11.6 Å². The molecule has 1 aromatic heterocycles. The Hall–Kier alpha value is -2.91. The molecule has 24 heavy (non-hydrogen) atoms. The third-order valence-corrected chi connectivity index (χ3v) is 4.25. The Morgan fingerprint density at radius 2 is 1.38 bits per heavy atom. The van der Waals surface area contributed by atoms with Gasteiger partial charge in [-0.15, -0.1) is 0 Å². The van der Waals surface area contributed by atoms with E-state index in [1.54, 1.807) is 12.1 Å². The molecule has 0 saturated heterocycles. The second-order valence-corrected chi connectivity index (χ2v) is 5.84. The molecule has 0 N–H and O–H groups in total. The van der Waals surface area contributed by atoms with Crippen molar-refractivity contribution in [2.24, 2.45) is 0 Å². The zero-order valence-electron chi connectivity index (χ0n) is 12.7. The second-order valence-electron chi connectivity index (χ2n) is 5.43. The zero-order valence-corrected chi connectivity index (χ0v) is 13.4. The highest BCUT2D eigenvalue weighted by Gasteiger charge is 2.14. The molecule has 0 saturated carbocycles. The number of rotatable bonds is 2. The van der Waals surface area contributed by atoms with Crippen molar-refractivity contribution in [3.8, 4) is 16.9 Å². The highest BCUT2D eigenvalue weighted by Crippen LogP contribution is 2.26. The number of hydrogen-bond acceptors (Lipinski definition) is 2. The molecule has 0 amide bonds. The van der Waals surface area contributed by atoms with Crippen molar-refractivity contribution < 1.29 is 0 Å². The normalized spacial score (nSPS) is 10.9. The van der Waals surface area contributed by atoms with Gasteiger partial charge in [0.15, 0.2) is 0 Å². The average molecular weight is 333 g/mol. The fourth-order valence-corrected chi connectivity index (χ4v) is 3.00. The Balaban J connectivity index is 2.12. The van der Waals surface area contributed by atoms with E-state index in [0.29, 0.717) is 16.1 Å². The minimum Gasteiger partial charge on any atom is -0.267 e. The highest BCUT2D eigenvalue weighted by molar-refractivity contribution is 6.32. The first-order chi connectivity index (χ1) is 11.8. The van der Waals surface area contributed by atoms with Gasteiger partial charge in [-0.25, -0.2) is 0 Å². The number of fused-ring (bicyclic) bond motifs is 1. The third-order valence-electron chi connectivity index (χ3n) is 3.93. The molecule has 0 spiro atoms. The molecule has 0 unspecified atom stereocenters. The molecule has 0 bridgehead atoms. The van der Waals surface area contributed by atoms with Crippen molar-refractivity contribution in [1.29, 1.82) is 0 Å². The van der Waals surface area contributed by atoms with Crippen molar-refractivity contribution >= 4 is 22.4 Å². The maximum atomic E-state index is 12.9. The first-order valence-corrected chi connectivity index (χ1v) is 7.96. The Bertz CT molecular complexity index is 1090. The molecule has 4 heteroatoms. The molecule has 4 aromatic rings. The Kier molecular flexibility index (Phi) is 3.63. The summed E-state index contributed by atoms with van der Waals surface area (Å²) in [6.45, 7) is 0. The van der Waals surface area contributed by atoms with Gasteiger partial charge in [-0.05, 0) is 18.2 Å². The van der Waals surface area contributed by atoms with Crippen LogP contribution in [0.4, 0.5) is 0 Å². The van der Waals surface area contributed by atoms with Crippen LogP contribution in [0.5, 0.6) is 0 Å². The molecule has 0 aliphatic rings. The summed E-state index contributed by atoms with van der Waals surface area (Å²) in [6.07, 6.45) is 0. The number of halogens is 1. The molecular weight excluding hydrogens is 320 g/mol. The SMILES string of the molecule is O=c1c2ccccc2c(-c2ccccc2)nn1-c1ccccc1Cl. The summed E-state index contributed by atoms with van der Waals surface area (Å²) in [5.41, 5.74) is 2.10. The first-order valence-electron chi connectivity index (χ1n) is 7.58. The van der Waals surface area contributed by atoms with Gasteiger partial charge in [-0.2, -0.15) is 9.78 Å². The quantitative estimate of drug-likeness (QED) is 0.533. The Labute approximate surface area is 143 Å². The summed E-state index contributed by atoms with van der Waals surface area (Å²) in [4.78, 5) is 12.9. The van der Waals surface area contributed by atoms with Gasteiger partial charge in [0, 0.05) is 10.9 Å². The van der Waals surface area contributed by atoms with Gasteiger partial charge in [0.1, 0.15) is 0 Å². The van der Waals surface area contributed by atoms with Crippen molar-refractivity contribution in [2.45, 2.75) is 0 Å². The fourth-order valence-electron chi connectivity index (χ4n) is 2.79. The van der Waals surface area contributed by atoms with E-state index < -0.39 is 0 Å². The van der Waals surface area contributed by atoms with E-state index in [-0.39, 0.29) is 5.56 Å². The van der Waals surface area contributed by atoms with Crippen LogP contribution in [-0.2, 0) is 0 Å². The average Bonchev–Trinajstić information content (AvgIpc) is 2.64. The van der Waals surface area contributed by atoms with E-state index in [2.05, 4.69) is 5.10 Å². The molecule has 116 valence electrons. The van der Waals surface area contributed by atoms with E-state index in [1.165, 1.54) is 4.68 Å². The van der Waals surface area contributed by atoms with Gasteiger partial charge in [0.25, 0.3) is 5.56 Å². The fraction of sp³-hybridized carbons (Fsp3) is 0. The van der Waals surface area contributed by atoms with Crippen LogP contribution in [0.2, 0.25) is 5.02 Å². The summed E-state index contributed by atoms with van der Waals surface area (Å²) < 4.78 is 1.38. The van der Waals surface area contributed by atoms with Crippen LogP contribution >= 0.6 is 11.6 Å². The monoisotopic (exact) mass is 332 g/mol. The van der Waals surface area contributed by atoms with E-state index in [1.807, 2.05) is 66.7 Å². The Morgan fingerprint density at radius 1 is 0.750 bits per heavy atom. The molecule has 1 heterocycles. The maximum Gasteiger partial charge on any atom is 0.279 e. The van der Waals surface area contributed by atoms with Crippen molar-refractivity contribution in [3.63, 3.8) is 0 Å². The molecule has 4 rings (SSSR count). The molecule has 0 radical (unpaired) electrons. The predicted octanol–water partition coefficient (Wildman–Crippen LogP) is 4.71. The summed E-state index contributed by atoms with van der Waals surface area (Å²) in [5, 5.41) is 6.56. The van der Waals surface area contributed by atoms with Gasteiger partial charge < -0.3 is 0 Å². The predicted molar refractivity (Wildman–Crippen MR) is 97.8 cm³/mol. The van der Waals surface area contributed by atoms with Crippen molar-refractivity contribution in [1.82, 2.24) is 9.78 Å². The number of benzene rings is 3. The maximum absolute atomic E-state index is 12.9. The minimum atomic E-state index is -0.182.